The van der Waals surface area contributed by atoms with Gasteiger partial charge in [-0.2, -0.15) is 0 Å². The number of allylic oxidation sites excluding steroid dienone is 4. The molecule has 0 unspecified atom stereocenters. The van der Waals surface area contributed by atoms with Crippen LogP contribution in [-0.4, -0.2) is 6.29 Å². The second kappa shape index (κ2) is 4.24. The summed E-state index contributed by atoms with van der Waals surface area (Å²) in [6, 6.07) is 0. The lowest BCUT2D eigenvalue weighted by molar-refractivity contribution is -0.104. The summed E-state index contributed by atoms with van der Waals surface area (Å²) in [4.78, 5) is 10.2. The Morgan fingerprint density at radius 2 is 2.42 bits per heavy atom. The number of hydrogen-bond acceptors (Lipinski definition) is 1. The van der Waals surface area contributed by atoms with Crippen LogP contribution in [0.3, 0.4) is 0 Å². The van der Waals surface area contributed by atoms with E-state index in [1.807, 2.05) is 6.92 Å². The summed E-state index contributed by atoms with van der Waals surface area (Å²) >= 11 is 0. The van der Waals surface area contributed by atoms with Gasteiger partial charge in [0, 0.05) is 0 Å². The molecule has 0 heterocycles. The highest BCUT2D eigenvalue weighted by molar-refractivity contribution is 5.66. The molecule has 0 radical (unpaired) electrons. The standard InChI is InChI=1S/C11H16O/c1-9-3-5-11(6-4-9)10(2)7-8-12/h3,7-8,11H,4-6H2,1-2H3/b10-7-/t11-/m1/s1. The first-order valence-corrected chi connectivity index (χ1v) is 4.51. The molecule has 0 amide bonds. The zero-order valence-corrected chi connectivity index (χ0v) is 7.84. The van der Waals surface area contributed by atoms with Crippen molar-refractivity contribution in [3.63, 3.8) is 0 Å². The van der Waals surface area contributed by atoms with Crippen LogP contribution in [0.2, 0.25) is 0 Å². The molecule has 0 saturated carbocycles. The van der Waals surface area contributed by atoms with Gasteiger partial charge in [-0.1, -0.05) is 17.2 Å². The molecular weight excluding hydrogens is 148 g/mol. The zero-order valence-electron chi connectivity index (χ0n) is 7.84. The molecule has 0 saturated heterocycles. The summed E-state index contributed by atoms with van der Waals surface area (Å²) in [6.45, 7) is 4.22. The van der Waals surface area contributed by atoms with Crippen LogP contribution in [-0.2, 0) is 4.79 Å². The predicted molar refractivity (Wildman–Crippen MR) is 50.9 cm³/mol. The molecule has 1 atom stereocenters. The van der Waals surface area contributed by atoms with Crippen molar-refractivity contribution < 1.29 is 4.79 Å². The van der Waals surface area contributed by atoms with Crippen LogP contribution in [0.4, 0.5) is 0 Å². The van der Waals surface area contributed by atoms with Crippen molar-refractivity contribution in [2.24, 2.45) is 5.92 Å². The second-order valence-electron chi connectivity index (χ2n) is 3.57. The van der Waals surface area contributed by atoms with Gasteiger partial charge in [-0.25, -0.2) is 0 Å². The van der Waals surface area contributed by atoms with E-state index in [1.165, 1.54) is 24.0 Å². The zero-order chi connectivity index (χ0) is 8.97. The Bertz CT molecular complexity index is 223. The summed E-state index contributed by atoms with van der Waals surface area (Å²) < 4.78 is 0. The highest BCUT2D eigenvalue weighted by Crippen LogP contribution is 2.28. The smallest absolute Gasteiger partial charge is 0.142 e. The first-order valence-electron chi connectivity index (χ1n) is 4.51. The fourth-order valence-corrected chi connectivity index (χ4v) is 1.62. The minimum atomic E-state index is 0.610. The van der Waals surface area contributed by atoms with Gasteiger partial charge >= 0.3 is 0 Å². The van der Waals surface area contributed by atoms with E-state index in [2.05, 4.69) is 13.0 Å². The van der Waals surface area contributed by atoms with E-state index in [0.717, 1.165) is 12.7 Å². The van der Waals surface area contributed by atoms with Gasteiger partial charge in [0.1, 0.15) is 6.29 Å². The third kappa shape index (κ3) is 2.33. The minimum Gasteiger partial charge on any atom is -0.299 e. The summed E-state index contributed by atoms with van der Waals surface area (Å²) in [5.41, 5.74) is 2.72. The maximum atomic E-state index is 10.2. The van der Waals surface area contributed by atoms with Gasteiger partial charge in [-0.3, -0.25) is 4.79 Å². The minimum absolute atomic E-state index is 0.610. The monoisotopic (exact) mass is 164 g/mol. The molecule has 0 aromatic carbocycles. The van der Waals surface area contributed by atoms with E-state index in [4.69, 9.17) is 0 Å². The molecule has 1 aliphatic rings. The number of aldehydes is 1. The first-order chi connectivity index (χ1) is 5.74. The lowest BCUT2D eigenvalue weighted by Gasteiger charge is -2.20. The SMILES string of the molecule is CC1=CC[C@@H](/C(C)=C\C=O)CC1. The van der Waals surface area contributed by atoms with Crippen molar-refractivity contribution in [1.82, 2.24) is 0 Å². The van der Waals surface area contributed by atoms with Crippen molar-refractivity contribution in [3.8, 4) is 0 Å². The summed E-state index contributed by atoms with van der Waals surface area (Å²) in [5.74, 6) is 0.610. The van der Waals surface area contributed by atoms with Gasteiger partial charge in [0.15, 0.2) is 0 Å². The van der Waals surface area contributed by atoms with Gasteiger partial charge in [-0.05, 0) is 45.1 Å². The highest BCUT2D eigenvalue weighted by atomic mass is 16.1. The normalized spacial score (nSPS) is 25.0. The van der Waals surface area contributed by atoms with Gasteiger partial charge in [0.05, 0.1) is 0 Å². The Balaban J connectivity index is 2.56. The van der Waals surface area contributed by atoms with Crippen LogP contribution < -0.4 is 0 Å². The third-order valence-electron chi connectivity index (χ3n) is 2.61. The molecule has 0 bridgehead atoms. The summed E-state index contributed by atoms with van der Waals surface area (Å²) in [7, 11) is 0. The predicted octanol–water partition coefficient (Wildman–Crippen LogP) is 2.88. The Kier molecular flexibility index (Phi) is 3.27. The topological polar surface area (TPSA) is 17.1 Å². The summed E-state index contributed by atoms with van der Waals surface area (Å²) in [6.07, 6.45) is 8.38. The number of carbonyl (C=O) groups is 1. The Morgan fingerprint density at radius 1 is 1.67 bits per heavy atom. The average Bonchev–Trinajstić information content (AvgIpc) is 2.06. The number of carbonyl (C=O) groups excluding carboxylic acids is 1. The van der Waals surface area contributed by atoms with Crippen LogP contribution in [0.5, 0.6) is 0 Å². The molecule has 0 fully saturated rings. The van der Waals surface area contributed by atoms with E-state index in [-0.39, 0.29) is 0 Å². The Labute approximate surface area is 74.2 Å². The molecule has 1 nitrogen and oxygen atoms in total. The highest BCUT2D eigenvalue weighted by Gasteiger charge is 2.13. The van der Waals surface area contributed by atoms with Crippen LogP contribution in [0, 0.1) is 5.92 Å². The third-order valence-corrected chi connectivity index (χ3v) is 2.61. The fraction of sp³-hybridized carbons (Fsp3) is 0.545. The molecule has 0 aliphatic heterocycles. The van der Waals surface area contributed by atoms with Gasteiger partial charge < -0.3 is 0 Å². The lowest BCUT2D eigenvalue weighted by atomic mass is 9.85. The largest absolute Gasteiger partial charge is 0.299 e. The van der Waals surface area contributed by atoms with Gasteiger partial charge in [0.2, 0.25) is 0 Å². The molecule has 0 aromatic rings. The first kappa shape index (κ1) is 9.24. The van der Waals surface area contributed by atoms with Crippen LogP contribution in [0.1, 0.15) is 33.1 Å². The molecular formula is C11H16O. The Hall–Kier alpha value is -0.850. The van der Waals surface area contributed by atoms with Crippen LogP contribution in [0.15, 0.2) is 23.3 Å². The van der Waals surface area contributed by atoms with Crippen LogP contribution >= 0.6 is 0 Å². The number of hydrogen-bond donors (Lipinski definition) is 0. The molecule has 0 aromatic heterocycles. The van der Waals surface area contributed by atoms with Gasteiger partial charge in [0.25, 0.3) is 0 Å². The van der Waals surface area contributed by atoms with E-state index in [1.54, 1.807) is 6.08 Å². The van der Waals surface area contributed by atoms with Crippen molar-refractivity contribution in [1.29, 1.82) is 0 Å². The van der Waals surface area contributed by atoms with E-state index < -0.39 is 0 Å². The molecule has 1 rings (SSSR count). The second-order valence-corrected chi connectivity index (χ2v) is 3.57. The maximum absolute atomic E-state index is 10.2. The molecule has 12 heavy (non-hydrogen) atoms. The summed E-state index contributed by atoms with van der Waals surface area (Å²) in [5, 5.41) is 0. The van der Waals surface area contributed by atoms with E-state index in [0.29, 0.717) is 5.92 Å². The molecule has 1 aliphatic carbocycles. The maximum Gasteiger partial charge on any atom is 0.142 e. The quantitative estimate of drug-likeness (QED) is 0.348. The van der Waals surface area contributed by atoms with Crippen molar-refractivity contribution >= 4 is 6.29 Å². The van der Waals surface area contributed by atoms with Crippen molar-refractivity contribution in [2.75, 3.05) is 0 Å². The molecule has 0 N–H and O–H groups in total. The molecule has 0 spiro atoms. The number of rotatable bonds is 2. The molecule has 66 valence electrons. The average molecular weight is 164 g/mol. The van der Waals surface area contributed by atoms with Gasteiger partial charge in [-0.15, -0.1) is 0 Å². The van der Waals surface area contributed by atoms with E-state index in [9.17, 15) is 4.79 Å². The molecule has 1 heteroatoms. The lowest BCUT2D eigenvalue weighted by Crippen LogP contribution is -2.06. The Morgan fingerprint density at radius 3 is 2.92 bits per heavy atom. The van der Waals surface area contributed by atoms with E-state index >= 15 is 0 Å². The fourth-order valence-electron chi connectivity index (χ4n) is 1.62. The van der Waals surface area contributed by atoms with Crippen molar-refractivity contribution in [2.45, 2.75) is 33.1 Å². The van der Waals surface area contributed by atoms with Crippen LogP contribution in [0.25, 0.3) is 0 Å². The van der Waals surface area contributed by atoms with Crippen molar-refractivity contribution in [3.05, 3.63) is 23.3 Å².